The molecule has 0 amide bonds. The first-order chi connectivity index (χ1) is 8.49. The van der Waals surface area contributed by atoms with Crippen LogP contribution in [0.2, 0.25) is 5.02 Å². The molecule has 0 aliphatic rings. The van der Waals surface area contributed by atoms with Gasteiger partial charge in [0.25, 0.3) is 0 Å². The molecule has 5 heteroatoms. The van der Waals surface area contributed by atoms with Gasteiger partial charge in [0.1, 0.15) is 0 Å². The van der Waals surface area contributed by atoms with Crippen molar-refractivity contribution in [1.29, 1.82) is 0 Å². The van der Waals surface area contributed by atoms with Crippen LogP contribution in [-0.2, 0) is 6.54 Å². The van der Waals surface area contributed by atoms with E-state index in [9.17, 15) is 4.79 Å². The van der Waals surface area contributed by atoms with E-state index in [1.54, 1.807) is 24.3 Å². The van der Waals surface area contributed by atoms with E-state index >= 15 is 0 Å². The van der Waals surface area contributed by atoms with Crippen LogP contribution < -0.4 is 0 Å². The van der Waals surface area contributed by atoms with E-state index in [0.717, 1.165) is 17.0 Å². The van der Waals surface area contributed by atoms with Crippen molar-refractivity contribution in [3.05, 3.63) is 51.8 Å². The van der Waals surface area contributed by atoms with Gasteiger partial charge < -0.3 is 5.11 Å². The van der Waals surface area contributed by atoms with Crippen LogP contribution >= 0.6 is 11.6 Å². The Labute approximate surface area is 110 Å². The third kappa shape index (κ3) is 2.38. The molecule has 0 aliphatic carbocycles. The number of aromatic nitrogens is 2. The monoisotopic (exact) mass is 264 g/mol. The van der Waals surface area contributed by atoms with Crippen LogP contribution in [0.4, 0.5) is 0 Å². The Hall–Kier alpha value is -1.81. The van der Waals surface area contributed by atoms with Crippen molar-refractivity contribution in [2.75, 3.05) is 0 Å². The number of halogens is 1. The number of hydrogen-bond donors (Lipinski definition) is 1. The molecule has 18 heavy (non-hydrogen) atoms. The fourth-order valence-electron chi connectivity index (χ4n) is 1.75. The highest BCUT2D eigenvalue weighted by Crippen LogP contribution is 2.19. The first-order valence-corrected chi connectivity index (χ1v) is 5.88. The summed E-state index contributed by atoms with van der Waals surface area (Å²) in [6.07, 6.45) is 0. The molecule has 0 aliphatic heterocycles. The number of nitrogens with zero attached hydrogens (tertiary/aromatic N) is 2. The van der Waals surface area contributed by atoms with Gasteiger partial charge in [-0.05, 0) is 31.5 Å². The average molecular weight is 265 g/mol. The molecule has 1 aromatic heterocycles. The van der Waals surface area contributed by atoms with Crippen LogP contribution in [0.25, 0.3) is 0 Å². The zero-order valence-electron chi connectivity index (χ0n) is 10.1. The third-order valence-corrected chi connectivity index (χ3v) is 3.37. The highest BCUT2D eigenvalue weighted by Gasteiger charge is 2.09. The molecule has 0 radical (unpaired) electrons. The lowest BCUT2D eigenvalue weighted by Gasteiger charge is -2.05. The molecule has 0 atom stereocenters. The lowest BCUT2D eigenvalue weighted by Crippen LogP contribution is -2.04. The fraction of sp³-hybridized carbons (Fsp3) is 0.231. The summed E-state index contributed by atoms with van der Waals surface area (Å²) in [5, 5.41) is 13.8. The summed E-state index contributed by atoms with van der Waals surface area (Å²) < 4.78 is 1.81. The lowest BCUT2D eigenvalue weighted by atomic mass is 10.1. The van der Waals surface area contributed by atoms with E-state index in [1.165, 1.54) is 0 Å². The Morgan fingerprint density at radius 3 is 2.39 bits per heavy atom. The summed E-state index contributed by atoms with van der Waals surface area (Å²) in [6, 6.07) is 6.75. The molecule has 0 saturated heterocycles. The van der Waals surface area contributed by atoms with Gasteiger partial charge in [0, 0.05) is 0 Å². The summed E-state index contributed by atoms with van der Waals surface area (Å²) in [7, 11) is 0. The lowest BCUT2D eigenvalue weighted by molar-refractivity contribution is 0.0697. The Kier molecular flexibility index (Phi) is 3.39. The van der Waals surface area contributed by atoms with E-state index in [-0.39, 0.29) is 5.56 Å². The van der Waals surface area contributed by atoms with Gasteiger partial charge >= 0.3 is 5.97 Å². The molecule has 0 saturated carbocycles. The van der Waals surface area contributed by atoms with Gasteiger partial charge in [-0.2, -0.15) is 5.10 Å². The minimum absolute atomic E-state index is 0.283. The standard InChI is InChI=1S/C13H13ClN2O2/c1-8-12(14)9(2)16(15-8)7-10-3-5-11(6-4-10)13(17)18/h3-6H,7H2,1-2H3,(H,17,18). The van der Waals surface area contributed by atoms with Gasteiger partial charge in [0.2, 0.25) is 0 Å². The van der Waals surface area contributed by atoms with E-state index in [0.29, 0.717) is 11.6 Å². The minimum Gasteiger partial charge on any atom is -0.478 e. The molecule has 2 aromatic rings. The topological polar surface area (TPSA) is 55.1 Å². The maximum Gasteiger partial charge on any atom is 0.335 e. The second-order valence-corrected chi connectivity index (χ2v) is 4.52. The summed E-state index contributed by atoms with van der Waals surface area (Å²) in [4.78, 5) is 10.7. The first kappa shape index (κ1) is 12.6. The molecular formula is C13H13ClN2O2. The molecule has 1 heterocycles. The van der Waals surface area contributed by atoms with E-state index in [4.69, 9.17) is 16.7 Å². The van der Waals surface area contributed by atoms with Gasteiger partial charge in [-0.1, -0.05) is 23.7 Å². The van der Waals surface area contributed by atoms with Crippen LogP contribution in [-0.4, -0.2) is 20.9 Å². The first-order valence-electron chi connectivity index (χ1n) is 5.51. The second-order valence-electron chi connectivity index (χ2n) is 4.14. The predicted molar refractivity (Wildman–Crippen MR) is 69.2 cm³/mol. The van der Waals surface area contributed by atoms with Crippen LogP contribution in [0.3, 0.4) is 0 Å². The summed E-state index contributed by atoms with van der Waals surface area (Å²) >= 11 is 6.07. The summed E-state index contributed by atoms with van der Waals surface area (Å²) in [6.45, 7) is 4.35. The number of rotatable bonds is 3. The Bertz CT molecular complexity index is 588. The molecule has 1 N–H and O–H groups in total. The number of carboxylic acid groups (broad SMARTS) is 1. The van der Waals surface area contributed by atoms with Crippen molar-refractivity contribution in [3.8, 4) is 0 Å². The van der Waals surface area contributed by atoms with Crippen molar-refractivity contribution >= 4 is 17.6 Å². The molecule has 0 fully saturated rings. The largest absolute Gasteiger partial charge is 0.478 e. The van der Waals surface area contributed by atoms with Crippen molar-refractivity contribution in [2.45, 2.75) is 20.4 Å². The van der Waals surface area contributed by atoms with Gasteiger partial charge in [0.05, 0.1) is 28.5 Å². The number of carboxylic acids is 1. The number of carbonyl (C=O) groups is 1. The molecule has 0 spiro atoms. The smallest absolute Gasteiger partial charge is 0.335 e. The third-order valence-electron chi connectivity index (χ3n) is 2.83. The Morgan fingerprint density at radius 2 is 1.94 bits per heavy atom. The number of aromatic carboxylic acids is 1. The molecular weight excluding hydrogens is 252 g/mol. The van der Waals surface area contributed by atoms with Gasteiger partial charge in [0.15, 0.2) is 0 Å². The van der Waals surface area contributed by atoms with Crippen molar-refractivity contribution in [1.82, 2.24) is 9.78 Å². The maximum atomic E-state index is 10.7. The highest BCUT2D eigenvalue weighted by molar-refractivity contribution is 6.31. The fourth-order valence-corrected chi connectivity index (χ4v) is 1.89. The normalized spacial score (nSPS) is 10.6. The molecule has 4 nitrogen and oxygen atoms in total. The molecule has 0 bridgehead atoms. The second kappa shape index (κ2) is 4.82. The zero-order chi connectivity index (χ0) is 13.3. The highest BCUT2D eigenvalue weighted by atomic mass is 35.5. The quantitative estimate of drug-likeness (QED) is 0.927. The summed E-state index contributed by atoms with van der Waals surface area (Å²) in [5.41, 5.74) is 2.99. The van der Waals surface area contributed by atoms with Crippen molar-refractivity contribution < 1.29 is 9.90 Å². The van der Waals surface area contributed by atoms with Crippen LogP contribution in [0.5, 0.6) is 0 Å². The average Bonchev–Trinajstić information content (AvgIpc) is 2.58. The molecule has 2 rings (SSSR count). The predicted octanol–water partition coefficient (Wildman–Crippen LogP) is 2.90. The molecule has 1 aromatic carbocycles. The number of hydrogen-bond acceptors (Lipinski definition) is 2. The summed E-state index contributed by atoms with van der Waals surface area (Å²) in [5.74, 6) is -0.921. The SMILES string of the molecule is Cc1nn(Cc2ccc(C(=O)O)cc2)c(C)c1Cl. The molecule has 0 unspecified atom stereocenters. The maximum absolute atomic E-state index is 10.7. The van der Waals surface area contributed by atoms with Crippen LogP contribution in [0.1, 0.15) is 27.3 Å². The Morgan fingerprint density at radius 1 is 1.33 bits per heavy atom. The number of benzene rings is 1. The minimum atomic E-state index is -0.921. The van der Waals surface area contributed by atoms with Gasteiger partial charge in [-0.25, -0.2) is 4.79 Å². The Balaban J connectivity index is 2.23. The van der Waals surface area contributed by atoms with Gasteiger partial charge in [-0.3, -0.25) is 4.68 Å². The van der Waals surface area contributed by atoms with E-state index in [1.807, 2.05) is 18.5 Å². The van der Waals surface area contributed by atoms with Crippen molar-refractivity contribution in [2.24, 2.45) is 0 Å². The van der Waals surface area contributed by atoms with Gasteiger partial charge in [-0.15, -0.1) is 0 Å². The van der Waals surface area contributed by atoms with Crippen LogP contribution in [0.15, 0.2) is 24.3 Å². The molecule has 94 valence electrons. The number of aryl methyl sites for hydroxylation is 1. The van der Waals surface area contributed by atoms with E-state index < -0.39 is 5.97 Å². The zero-order valence-corrected chi connectivity index (χ0v) is 10.9. The van der Waals surface area contributed by atoms with E-state index in [2.05, 4.69) is 5.10 Å². The van der Waals surface area contributed by atoms with Crippen molar-refractivity contribution in [3.63, 3.8) is 0 Å². The van der Waals surface area contributed by atoms with Crippen LogP contribution in [0, 0.1) is 13.8 Å².